The molecule has 4 aliphatic carbocycles. The Morgan fingerprint density at radius 3 is 2.03 bits per heavy atom. The van der Waals surface area contributed by atoms with Crippen molar-refractivity contribution >= 4 is 11.6 Å². The van der Waals surface area contributed by atoms with Gasteiger partial charge in [0.2, 0.25) is 11.5 Å². The van der Waals surface area contributed by atoms with Crippen molar-refractivity contribution in [2.24, 2.45) is 23.2 Å². The fraction of sp³-hybridized carbons (Fsp3) is 0.682. The molecule has 0 aliphatic heterocycles. The highest BCUT2D eigenvalue weighted by Crippen LogP contribution is 2.61. The monoisotopic (exact) mass is 418 g/mol. The molecule has 1 atom stereocenters. The highest BCUT2D eigenvalue weighted by molar-refractivity contribution is 6.00. The first kappa shape index (κ1) is 20.8. The van der Waals surface area contributed by atoms with Gasteiger partial charge in [0.1, 0.15) is 5.56 Å². The van der Waals surface area contributed by atoms with E-state index in [9.17, 15) is 14.9 Å². The molecule has 4 fully saturated rings. The lowest BCUT2D eigenvalue weighted by Gasteiger charge is -2.59. The summed E-state index contributed by atoms with van der Waals surface area (Å²) < 4.78 is 15.8. The van der Waals surface area contributed by atoms with Crippen LogP contribution >= 0.6 is 0 Å². The zero-order valence-electron chi connectivity index (χ0n) is 18.0. The lowest BCUT2D eigenvalue weighted by atomic mass is 9.48. The molecule has 1 amide bonds. The van der Waals surface area contributed by atoms with Crippen molar-refractivity contribution in [2.75, 3.05) is 21.3 Å². The quantitative estimate of drug-likeness (QED) is 0.531. The predicted octanol–water partition coefficient (Wildman–Crippen LogP) is 3.96. The smallest absolute Gasteiger partial charge is 0.327 e. The van der Waals surface area contributed by atoms with Crippen molar-refractivity contribution in [2.45, 2.75) is 51.5 Å². The Morgan fingerprint density at radius 2 is 1.60 bits per heavy atom. The van der Waals surface area contributed by atoms with Crippen LogP contribution in [-0.4, -0.2) is 38.2 Å². The molecule has 0 unspecified atom stereocenters. The van der Waals surface area contributed by atoms with E-state index in [-0.39, 0.29) is 34.3 Å². The maximum atomic E-state index is 13.2. The normalized spacial score (nSPS) is 29.9. The number of nitrogens with zero attached hydrogens (tertiary/aromatic N) is 1. The number of carbonyl (C=O) groups is 1. The highest BCUT2D eigenvalue weighted by atomic mass is 16.6. The number of nitro groups is 1. The summed E-state index contributed by atoms with van der Waals surface area (Å²) in [5.74, 6) is 1.98. The third kappa shape index (κ3) is 3.26. The Balaban J connectivity index is 1.65. The predicted molar refractivity (Wildman–Crippen MR) is 110 cm³/mol. The average Bonchev–Trinajstić information content (AvgIpc) is 2.70. The van der Waals surface area contributed by atoms with E-state index in [2.05, 4.69) is 12.2 Å². The van der Waals surface area contributed by atoms with Gasteiger partial charge in [0, 0.05) is 12.1 Å². The second-order valence-corrected chi connectivity index (χ2v) is 9.27. The van der Waals surface area contributed by atoms with Crippen LogP contribution in [-0.2, 0) is 0 Å². The molecule has 8 heteroatoms. The van der Waals surface area contributed by atoms with Gasteiger partial charge in [-0.1, -0.05) is 0 Å². The van der Waals surface area contributed by atoms with Crippen LogP contribution in [0.4, 0.5) is 5.69 Å². The molecule has 1 aromatic carbocycles. The molecule has 5 rings (SSSR count). The number of hydrogen-bond donors (Lipinski definition) is 1. The van der Waals surface area contributed by atoms with E-state index in [1.807, 2.05) is 0 Å². The largest absolute Gasteiger partial charge is 0.493 e. The van der Waals surface area contributed by atoms with Crippen molar-refractivity contribution in [3.8, 4) is 17.2 Å². The number of ether oxygens (including phenoxy) is 3. The molecule has 4 saturated carbocycles. The fourth-order valence-corrected chi connectivity index (χ4v) is 6.63. The maximum absolute atomic E-state index is 13.2. The summed E-state index contributed by atoms with van der Waals surface area (Å²) in [6.07, 6.45) is 7.36. The molecule has 0 spiro atoms. The van der Waals surface area contributed by atoms with E-state index in [0.717, 1.165) is 37.0 Å². The lowest BCUT2D eigenvalue weighted by Crippen LogP contribution is -2.55. The molecule has 0 aromatic heterocycles. The van der Waals surface area contributed by atoms with Crippen LogP contribution in [0.3, 0.4) is 0 Å². The minimum atomic E-state index is -0.606. The van der Waals surface area contributed by atoms with Gasteiger partial charge in [-0.25, -0.2) is 0 Å². The molecule has 8 nitrogen and oxygen atoms in total. The number of rotatable bonds is 7. The molecule has 1 aromatic rings. The van der Waals surface area contributed by atoms with E-state index in [1.54, 1.807) is 0 Å². The number of hydrogen-bond acceptors (Lipinski definition) is 6. The topological polar surface area (TPSA) is 99.9 Å². The molecular weight excluding hydrogens is 388 g/mol. The second kappa shape index (κ2) is 7.63. The van der Waals surface area contributed by atoms with E-state index in [1.165, 1.54) is 46.7 Å². The lowest BCUT2D eigenvalue weighted by molar-refractivity contribution is -0.386. The first-order valence-corrected chi connectivity index (χ1v) is 10.6. The summed E-state index contributed by atoms with van der Waals surface area (Å²) in [5.41, 5.74) is -0.392. The Labute approximate surface area is 176 Å². The minimum absolute atomic E-state index is 0.0582. The van der Waals surface area contributed by atoms with Crippen LogP contribution in [0.15, 0.2) is 6.07 Å². The van der Waals surface area contributed by atoms with Gasteiger partial charge in [0.15, 0.2) is 5.75 Å². The van der Waals surface area contributed by atoms with Gasteiger partial charge in [0.05, 0.1) is 26.3 Å². The number of nitro benzene ring substituents is 1. The van der Waals surface area contributed by atoms with Gasteiger partial charge in [-0.05, 0) is 68.6 Å². The van der Waals surface area contributed by atoms with Gasteiger partial charge in [-0.2, -0.15) is 0 Å². The summed E-state index contributed by atoms with van der Waals surface area (Å²) in [7, 11) is 4.10. The van der Waals surface area contributed by atoms with Crippen LogP contribution in [0.5, 0.6) is 17.2 Å². The standard InChI is InChI=1S/C22H30N2O6/c1-12(22-9-13-5-14(10-22)7-15(6-13)11-22)23-21(25)16-8-17(28-2)19(29-3)20(30-4)18(16)24(26)27/h8,12-15H,5-7,9-11H2,1-4H3,(H,23,25)/t12-,13?,14?,15?,22?/m1/s1. The first-order valence-electron chi connectivity index (χ1n) is 10.6. The zero-order chi connectivity index (χ0) is 21.6. The third-order valence-electron chi connectivity index (χ3n) is 7.58. The summed E-state index contributed by atoms with van der Waals surface area (Å²) in [5, 5.41) is 14.9. The molecule has 30 heavy (non-hydrogen) atoms. The SMILES string of the molecule is COc1cc(C(=O)N[C@H](C)C23CC4CC(CC(C4)C2)C3)c([N+](=O)[O-])c(OC)c1OC. The van der Waals surface area contributed by atoms with Gasteiger partial charge >= 0.3 is 5.69 Å². The molecule has 0 saturated heterocycles. The Morgan fingerprint density at radius 1 is 1.07 bits per heavy atom. The van der Waals surface area contributed by atoms with Gasteiger partial charge < -0.3 is 19.5 Å². The fourth-order valence-electron chi connectivity index (χ4n) is 6.63. The van der Waals surface area contributed by atoms with Crippen LogP contribution in [0.1, 0.15) is 55.8 Å². The van der Waals surface area contributed by atoms with E-state index < -0.39 is 16.5 Å². The van der Waals surface area contributed by atoms with Crippen LogP contribution < -0.4 is 19.5 Å². The molecule has 164 valence electrons. The molecular formula is C22H30N2O6. The van der Waals surface area contributed by atoms with Crippen LogP contribution in [0, 0.1) is 33.3 Å². The average molecular weight is 418 g/mol. The van der Waals surface area contributed by atoms with Crippen molar-refractivity contribution in [3.05, 3.63) is 21.7 Å². The van der Waals surface area contributed by atoms with Gasteiger partial charge in [-0.15, -0.1) is 0 Å². The van der Waals surface area contributed by atoms with E-state index >= 15 is 0 Å². The van der Waals surface area contributed by atoms with Crippen molar-refractivity contribution in [1.29, 1.82) is 0 Å². The molecule has 1 N–H and O–H groups in total. The zero-order valence-corrected chi connectivity index (χ0v) is 18.0. The van der Waals surface area contributed by atoms with Crippen LogP contribution in [0.2, 0.25) is 0 Å². The minimum Gasteiger partial charge on any atom is -0.493 e. The Kier molecular flexibility index (Phi) is 5.28. The number of benzene rings is 1. The van der Waals surface area contributed by atoms with Crippen molar-refractivity contribution < 1.29 is 23.9 Å². The number of carbonyl (C=O) groups excluding carboxylic acids is 1. The summed E-state index contributed by atoms with van der Waals surface area (Å²) in [6.45, 7) is 2.05. The Bertz CT molecular complexity index is 832. The number of methoxy groups -OCH3 is 3. The Hall–Kier alpha value is -2.51. The van der Waals surface area contributed by atoms with E-state index in [4.69, 9.17) is 14.2 Å². The summed E-state index contributed by atoms with van der Waals surface area (Å²) >= 11 is 0. The number of amides is 1. The molecule has 4 bridgehead atoms. The van der Waals surface area contributed by atoms with E-state index in [0.29, 0.717) is 0 Å². The summed E-state index contributed by atoms with van der Waals surface area (Å²) in [6, 6.07) is 1.30. The van der Waals surface area contributed by atoms with Crippen LogP contribution in [0.25, 0.3) is 0 Å². The maximum Gasteiger partial charge on any atom is 0.327 e. The molecule has 4 aliphatic rings. The van der Waals surface area contributed by atoms with Crippen molar-refractivity contribution in [3.63, 3.8) is 0 Å². The van der Waals surface area contributed by atoms with Crippen molar-refractivity contribution in [1.82, 2.24) is 5.32 Å². The second-order valence-electron chi connectivity index (χ2n) is 9.27. The summed E-state index contributed by atoms with van der Waals surface area (Å²) in [4.78, 5) is 24.5. The third-order valence-corrected chi connectivity index (χ3v) is 7.58. The first-order chi connectivity index (χ1) is 14.3. The highest BCUT2D eigenvalue weighted by Gasteiger charge is 2.53. The molecule has 0 heterocycles. The van der Waals surface area contributed by atoms with Gasteiger partial charge in [0.25, 0.3) is 5.91 Å². The molecule has 0 radical (unpaired) electrons. The number of nitrogens with one attached hydrogen (secondary N) is 1. The van der Waals surface area contributed by atoms with Gasteiger partial charge in [-0.3, -0.25) is 14.9 Å².